The highest BCUT2D eigenvalue weighted by Crippen LogP contribution is 2.65. The Bertz CT molecular complexity index is 469. The van der Waals surface area contributed by atoms with Crippen LogP contribution in [0.5, 0.6) is 0 Å². The van der Waals surface area contributed by atoms with E-state index in [4.69, 9.17) is 0 Å². The van der Waals surface area contributed by atoms with E-state index in [2.05, 4.69) is 0 Å². The zero-order chi connectivity index (χ0) is 12.1. The molecule has 0 heterocycles. The van der Waals surface area contributed by atoms with E-state index < -0.39 is 11.4 Å². The van der Waals surface area contributed by atoms with Crippen LogP contribution in [-0.4, -0.2) is 11.1 Å². The van der Waals surface area contributed by atoms with Crippen LogP contribution in [0.25, 0.3) is 0 Å². The van der Waals surface area contributed by atoms with Gasteiger partial charge < -0.3 is 5.11 Å². The molecule has 0 aromatic heterocycles. The van der Waals surface area contributed by atoms with E-state index >= 15 is 0 Å². The molecule has 1 aromatic rings. The van der Waals surface area contributed by atoms with E-state index in [0.717, 1.165) is 12.8 Å². The lowest BCUT2D eigenvalue weighted by molar-refractivity contribution is -0.160. The first-order valence-electron chi connectivity index (χ1n) is 6.07. The Morgan fingerprint density at radius 1 is 1.24 bits per heavy atom. The first-order valence-corrected chi connectivity index (χ1v) is 6.07. The molecule has 0 unspecified atom stereocenters. The lowest BCUT2D eigenvalue weighted by Crippen LogP contribution is -2.57. The first-order chi connectivity index (χ1) is 8.08. The fraction of sp³-hybridized carbons (Fsp3) is 0.500. The number of hydrogen-bond donors (Lipinski definition) is 1. The molecular weight excluding hydrogens is 219 g/mol. The predicted octanol–water partition coefficient (Wildman–Crippen LogP) is 3.11. The molecule has 0 aliphatic heterocycles. The van der Waals surface area contributed by atoms with Crippen LogP contribution < -0.4 is 0 Å². The molecule has 2 aliphatic carbocycles. The zero-order valence-corrected chi connectivity index (χ0v) is 9.58. The second kappa shape index (κ2) is 3.31. The van der Waals surface area contributed by atoms with Crippen molar-refractivity contribution in [1.82, 2.24) is 0 Å². The summed E-state index contributed by atoms with van der Waals surface area (Å²) in [7, 11) is 0. The van der Waals surface area contributed by atoms with Gasteiger partial charge in [0.15, 0.2) is 0 Å². The molecule has 0 amide bonds. The van der Waals surface area contributed by atoms with Crippen LogP contribution in [0, 0.1) is 11.2 Å². The van der Waals surface area contributed by atoms with Gasteiger partial charge in [0.25, 0.3) is 0 Å². The molecular formula is C14H15FO2. The van der Waals surface area contributed by atoms with E-state index in [1.54, 1.807) is 18.2 Å². The summed E-state index contributed by atoms with van der Waals surface area (Å²) in [5, 5.41) is 9.45. The molecule has 17 heavy (non-hydrogen) atoms. The van der Waals surface area contributed by atoms with Gasteiger partial charge >= 0.3 is 5.97 Å². The lowest BCUT2D eigenvalue weighted by Gasteiger charge is -2.59. The van der Waals surface area contributed by atoms with Crippen LogP contribution in [-0.2, 0) is 10.2 Å². The number of aliphatic carboxylic acids is 1. The molecule has 0 atom stereocenters. The normalized spacial score (nSPS) is 23.8. The van der Waals surface area contributed by atoms with Gasteiger partial charge in [-0.2, -0.15) is 0 Å². The van der Waals surface area contributed by atoms with Crippen LogP contribution in [0.3, 0.4) is 0 Å². The Labute approximate surface area is 99.5 Å². The summed E-state index contributed by atoms with van der Waals surface area (Å²) in [6.07, 6.45) is 4.62. The number of hydrogen-bond acceptors (Lipinski definition) is 1. The summed E-state index contributed by atoms with van der Waals surface area (Å²) in [4.78, 5) is 11.5. The maximum Gasteiger partial charge on any atom is 0.314 e. The van der Waals surface area contributed by atoms with Gasteiger partial charge in [-0.15, -0.1) is 0 Å². The van der Waals surface area contributed by atoms with Gasteiger partial charge in [0, 0.05) is 5.56 Å². The Morgan fingerprint density at radius 3 is 2.35 bits per heavy atom. The Kier molecular flexibility index (Phi) is 2.09. The highest BCUT2D eigenvalue weighted by molar-refractivity contribution is 5.83. The molecule has 2 aliphatic rings. The average molecular weight is 234 g/mol. The fourth-order valence-corrected chi connectivity index (χ4v) is 3.57. The summed E-state index contributed by atoms with van der Waals surface area (Å²) >= 11 is 0. The third-order valence-electron chi connectivity index (χ3n) is 4.57. The summed E-state index contributed by atoms with van der Waals surface area (Å²) < 4.78 is 13.8. The molecule has 0 bridgehead atoms. The standard InChI is InChI=1S/C14H15FO2/c15-11-5-2-1-4-10(11)14(12(16)17)8-13(9-14)6-3-7-13/h1-2,4-5H,3,6-9H2,(H,16,17). The zero-order valence-electron chi connectivity index (χ0n) is 9.58. The summed E-state index contributed by atoms with van der Waals surface area (Å²) in [5.41, 5.74) is -0.392. The van der Waals surface area contributed by atoms with Crippen LogP contribution >= 0.6 is 0 Å². The summed E-state index contributed by atoms with van der Waals surface area (Å²) in [6.45, 7) is 0. The lowest BCUT2D eigenvalue weighted by atomic mass is 9.43. The molecule has 2 saturated carbocycles. The molecule has 1 aromatic carbocycles. The van der Waals surface area contributed by atoms with E-state index in [-0.39, 0.29) is 11.2 Å². The summed E-state index contributed by atoms with van der Waals surface area (Å²) in [5.74, 6) is -1.26. The van der Waals surface area contributed by atoms with Crippen molar-refractivity contribution < 1.29 is 14.3 Å². The van der Waals surface area contributed by atoms with E-state index in [0.29, 0.717) is 18.4 Å². The maximum absolute atomic E-state index is 13.8. The van der Waals surface area contributed by atoms with Crippen molar-refractivity contribution in [3.05, 3.63) is 35.6 Å². The quantitative estimate of drug-likeness (QED) is 0.853. The van der Waals surface area contributed by atoms with Crippen LogP contribution in [0.2, 0.25) is 0 Å². The van der Waals surface area contributed by atoms with Crippen molar-refractivity contribution in [2.45, 2.75) is 37.5 Å². The number of carbonyl (C=O) groups is 1. The summed E-state index contributed by atoms with van der Waals surface area (Å²) in [6, 6.07) is 6.29. The van der Waals surface area contributed by atoms with Crippen molar-refractivity contribution >= 4 is 5.97 Å². The molecule has 2 fully saturated rings. The van der Waals surface area contributed by atoms with Gasteiger partial charge in [-0.1, -0.05) is 24.6 Å². The minimum atomic E-state index is -0.967. The topological polar surface area (TPSA) is 37.3 Å². The van der Waals surface area contributed by atoms with Gasteiger partial charge in [-0.05, 0) is 37.2 Å². The number of carboxylic acids is 1. The second-order valence-electron chi connectivity index (χ2n) is 5.57. The van der Waals surface area contributed by atoms with Crippen molar-refractivity contribution in [3.8, 4) is 0 Å². The van der Waals surface area contributed by atoms with Gasteiger partial charge in [0.05, 0.1) is 5.41 Å². The minimum Gasteiger partial charge on any atom is -0.481 e. The van der Waals surface area contributed by atoms with Gasteiger partial charge in [0.2, 0.25) is 0 Å². The van der Waals surface area contributed by atoms with Crippen molar-refractivity contribution in [1.29, 1.82) is 0 Å². The highest BCUT2D eigenvalue weighted by Gasteiger charge is 2.62. The maximum atomic E-state index is 13.8. The van der Waals surface area contributed by atoms with E-state index in [9.17, 15) is 14.3 Å². The third kappa shape index (κ3) is 1.34. The van der Waals surface area contributed by atoms with Crippen LogP contribution in [0.1, 0.15) is 37.7 Å². The predicted molar refractivity (Wildman–Crippen MR) is 61.2 cm³/mol. The highest BCUT2D eigenvalue weighted by atomic mass is 19.1. The Hall–Kier alpha value is -1.38. The molecule has 3 rings (SSSR count). The SMILES string of the molecule is O=C(O)C1(c2ccccc2F)CC2(CCC2)C1. The van der Waals surface area contributed by atoms with E-state index in [1.807, 2.05) is 0 Å². The average Bonchev–Trinajstić information content (AvgIpc) is 2.16. The number of carboxylic acid groups (broad SMARTS) is 1. The molecule has 2 nitrogen and oxygen atoms in total. The number of rotatable bonds is 2. The molecule has 1 N–H and O–H groups in total. The van der Waals surface area contributed by atoms with Crippen molar-refractivity contribution in [2.24, 2.45) is 5.41 Å². The monoisotopic (exact) mass is 234 g/mol. The smallest absolute Gasteiger partial charge is 0.314 e. The van der Waals surface area contributed by atoms with Gasteiger partial charge in [0.1, 0.15) is 5.82 Å². The largest absolute Gasteiger partial charge is 0.481 e. The molecule has 3 heteroatoms. The fourth-order valence-electron chi connectivity index (χ4n) is 3.57. The Morgan fingerprint density at radius 2 is 1.88 bits per heavy atom. The number of halogens is 1. The van der Waals surface area contributed by atoms with Crippen molar-refractivity contribution in [3.63, 3.8) is 0 Å². The first kappa shape index (κ1) is 10.8. The molecule has 0 radical (unpaired) electrons. The number of benzene rings is 1. The van der Waals surface area contributed by atoms with Gasteiger partial charge in [-0.25, -0.2) is 4.39 Å². The molecule has 0 saturated heterocycles. The van der Waals surface area contributed by atoms with Crippen molar-refractivity contribution in [2.75, 3.05) is 0 Å². The molecule has 1 spiro atoms. The Balaban J connectivity index is 1.97. The second-order valence-corrected chi connectivity index (χ2v) is 5.57. The van der Waals surface area contributed by atoms with Crippen LogP contribution in [0.15, 0.2) is 24.3 Å². The van der Waals surface area contributed by atoms with Crippen LogP contribution in [0.4, 0.5) is 4.39 Å². The van der Waals surface area contributed by atoms with Gasteiger partial charge in [-0.3, -0.25) is 4.79 Å². The third-order valence-corrected chi connectivity index (χ3v) is 4.57. The minimum absolute atomic E-state index is 0.209. The van der Waals surface area contributed by atoms with E-state index in [1.165, 1.54) is 12.5 Å². The molecule has 90 valence electrons.